The summed E-state index contributed by atoms with van der Waals surface area (Å²) in [6.45, 7) is 3.22. The van der Waals surface area contributed by atoms with Gasteiger partial charge in [-0.05, 0) is 37.6 Å². The molecule has 1 unspecified atom stereocenters. The molecule has 0 aliphatic rings. The second-order valence-electron chi connectivity index (χ2n) is 3.95. The number of halogens is 2. The van der Waals surface area contributed by atoms with Gasteiger partial charge >= 0.3 is 0 Å². The van der Waals surface area contributed by atoms with Crippen LogP contribution in [-0.2, 0) is 10.2 Å². The first kappa shape index (κ1) is 13.2. The molecule has 0 saturated heterocycles. The number of hydrogen-bond acceptors (Lipinski definition) is 2. The Morgan fingerprint density at radius 1 is 1.62 bits per heavy atom. The second kappa shape index (κ2) is 4.99. The maximum Gasteiger partial charge on any atom is 0.131 e. The van der Waals surface area contributed by atoms with Gasteiger partial charge in [-0.25, -0.2) is 0 Å². The molecule has 1 aromatic carbocycles. The normalized spacial score (nSPS) is 13.9. The van der Waals surface area contributed by atoms with E-state index in [1.54, 1.807) is 25.1 Å². The van der Waals surface area contributed by atoms with Crippen LogP contribution in [0, 0.1) is 11.3 Å². The van der Waals surface area contributed by atoms with E-state index in [0.717, 1.165) is 10.0 Å². The predicted octanol–water partition coefficient (Wildman–Crippen LogP) is 3.86. The lowest BCUT2D eigenvalue weighted by Gasteiger charge is -2.22. The quantitative estimate of drug-likeness (QED) is 0.850. The average Bonchev–Trinajstić information content (AvgIpc) is 2.20. The minimum Gasteiger partial charge on any atom is -0.300 e. The fourth-order valence-corrected chi connectivity index (χ4v) is 2.47. The maximum atomic E-state index is 11.2. The number of carbonyl (C=O) groups excluding carboxylic acids is 1. The smallest absolute Gasteiger partial charge is 0.131 e. The van der Waals surface area contributed by atoms with Crippen molar-refractivity contribution < 1.29 is 4.79 Å². The highest BCUT2D eigenvalue weighted by Gasteiger charge is 2.30. The summed E-state index contributed by atoms with van der Waals surface area (Å²) in [5, 5.41) is 9.80. The molecule has 0 bridgehead atoms. The lowest BCUT2D eigenvalue weighted by molar-refractivity contribution is -0.117. The molecule has 0 radical (unpaired) electrons. The molecule has 0 aromatic heterocycles. The molecule has 1 aromatic rings. The Kier molecular flexibility index (Phi) is 4.12. The highest BCUT2D eigenvalue weighted by molar-refractivity contribution is 9.10. The Hall–Kier alpha value is -0.850. The summed E-state index contributed by atoms with van der Waals surface area (Å²) in [5.41, 5.74) is -0.0899. The van der Waals surface area contributed by atoms with Crippen molar-refractivity contribution in [2.24, 2.45) is 0 Å². The first-order valence-corrected chi connectivity index (χ1v) is 5.92. The summed E-state index contributed by atoms with van der Waals surface area (Å²) < 4.78 is 0.794. The van der Waals surface area contributed by atoms with Crippen LogP contribution >= 0.6 is 27.5 Å². The molecule has 84 valence electrons. The first-order valence-electron chi connectivity index (χ1n) is 4.75. The van der Waals surface area contributed by atoms with Gasteiger partial charge in [0.2, 0.25) is 0 Å². The van der Waals surface area contributed by atoms with E-state index in [2.05, 4.69) is 22.0 Å². The number of carbonyl (C=O) groups is 1. The van der Waals surface area contributed by atoms with E-state index in [9.17, 15) is 10.1 Å². The Morgan fingerprint density at radius 3 is 2.75 bits per heavy atom. The molecule has 1 rings (SSSR count). The molecular weight excluding hydrogens is 289 g/mol. The fourth-order valence-electron chi connectivity index (χ4n) is 1.61. The zero-order valence-corrected chi connectivity index (χ0v) is 11.4. The van der Waals surface area contributed by atoms with Crippen LogP contribution in [0.1, 0.15) is 25.8 Å². The van der Waals surface area contributed by atoms with E-state index in [-0.39, 0.29) is 12.2 Å². The van der Waals surface area contributed by atoms with Gasteiger partial charge in [-0.15, -0.1) is 0 Å². The van der Waals surface area contributed by atoms with E-state index in [1.807, 2.05) is 0 Å². The summed E-state index contributed by atoms with van der Waals surface area (Å²) in [4.78, 5) is 11.2. The van der Waals surface area contributed by atoms with E-state index >= 15 is 0 Å². The van der Waals surface area contributed by atoms with Crippen LogP contribution in [0.4, 0.5) is 0 Å². The number of rotatable bonds is 3. The van der Waals surface area contributed by atoms with Crippen molar-refractivity contribution in [3.63, 3.8) is 0 Å². The number of nitrogens with zero attached hydrogens (tertiary/aromatic N) is 1. The third-order valence-corrected chi connectivity index (χ3v) is 3.30. The zero-order chi connectivity index (χ0) is 12.3. The van der Waals surface area contributed by atoms with Crippen molar-refractivity contribution >= 4 is 33.3 Å². The lowest BCUT2D eigenvalue weighted by atomic mass is 9.80. The predicted molar refractivity (Wildman–Crippen MR) is 67.4 cm³/mol. The largest absolute Gasteiger partial charge is 0.300 e. The van der Waals surface area contributed by atoms with Crippen LogP contribution < -0.4 is 0 Å². The third-order valence-electron chi connectivity index (χ3n) is 2.37. The van der Waals surface area contributed by atoms with E-state index in [0.29, 0.717) is 5.02 Å². The summed E-state index contributed by atoms with van der Waals surface area (Å²) >= 11 is 9.28. The van der Waals surface area contributed by atoms with E-state index in [1.165, 1.54) is 6.92 Å². The molecule has 0 fully saturated rings. The topological polar surface area (TPSA) is 40.9 Å². The second-order valence-corrected chi connectivity index (χ2v) is 5.24. The average molecular weight is 301 g/mol. The van der Waals surface area contributed by atoms with Crippen molar-refractivity contribution in [2.45, 2.75) is 25.7 Å². The van der Waals surface area contributed by atoms with Gasteiger partial charge in [0, 0.05) is 15.9 Å². The molecule has 0 amide bonds. The minimum atomic E-state index is -0.838. The van der Waals surface area contributed by atoms with Crippen molar-refractivity contribution in [3.8, 4) is 6.07 Å². The Morgan fingerprint density at radius 2 is 2.25 bits per heavy atom. The Bertz CT molecular complexity index is 467. The summed E-state index contributed by atoms with van der Waals surface area (Å²) in [7, 11) is 0. The number of nitriles is 1. The van der Waals surface area contributed by atoms with Crippen molar-refractivity contribution in [1.82, 2.24) is 0 Å². The molecule has 1 atom stereocenters. The first-order chi connectivity index (χ1) is 7.39. The van der Waals surface area contributed by atoms with Gasteiger partial charge in [0.05, 0.1) is 11.5 Å². The molecule has 0 saturated carbocycles. The summed E-state index contributed by atoms with van der Waals surface area (Å²) in [6, 6.07) is 7.43. The van der Waals surface area contributed by atoms with E-state index < -0.39 is 5.41 Å². The minimum absolute atomic E-state index is 0.0177. The van der Waals surface area contributed by atoms with Gasteiger partial charge < -0.3 is 0 Å². The van der Waals surface area contributed by atoms with Gasteiger partial charge in [-0.3, -0.25) is 4.79 Å². The molecule has 0 aliphatic heterocycles. The van der Waals surface area contributed by atoms with Crippen molar-refractivity contribution in [2.75, 3.05) is 0 Å². The molecule has 0 aliphatic carbocycles. The van der Waals surface area contributed by atoms with Crippen LogP contribution in [0.25, 0.3) is 0 Å². The molecule has 0 N–H and O–H groups in total. The molecule has 0 spiro atoms. The molecular formula is C12H11BrClNO. The molecule has 4 heteroatoms. The van der Waals surface area contributed by atoms with Crippen molar-refractivity contribution in [3.05, 3.63) is 33.3 Å². The molecule has 0 heterocycles. The lowest BCUT2D eigenvalue weighted by Crippen LogP contribution is -2.23. The van der Waals surface area contributed by atoms with Gasteiger partial charge in [0.25, 0.3) is 0 Å². The van der Waals surface area contributed by atoms with Crippen LogP contribution in [-0.4, -0.2) is 5.78 Å². The van der Waals surface area contributed by atoms with Gasteiger partial charge in [-0.1, -0.05) is 27.5 Å². The zero-order valence-electron chi connectivity index (χ0n) is 9.05. The third kappa shape index (κ3) is 2.84. The van der Waals surface area contributed by atoms with Crippen LogP contribution in [0.15, 0.2) is 22.7 Å². The highest BCUT2D eigenvalue weighted by atomic mass is 79.9. The van der Waals surface area contributed by atoms with Crippen molar-refractivity contribution in [1.29, 1.82) is 5.26 Å². The fraction of sp³-hybridized carbons (Fsp3) is 0.333. The number of benzene rings is 1. The highest BCUT2D eigenvalue weighted by Crippen LogP contribution is 2.34. The molecule has 2 nitrogen and oxygen atoms in total. The Labute approximate surface area is 108 Å². The van der Waals surface area contributed by atoms with Crippen LogP contribution in [0.5, 0.6) is 0 Å². The standard InChI is InChI=1S/C12H11BrClNO/c1-8(16)6-12(2,7-15)10-5-9(14)3-4-11(10)13/h3-5H,6H2,1-2H3. The number of Topliss-reactive ketones (excluding diaryl/α,β-unsaturated/α-hetero) is 1. The molecule has 16 heavy (non-hydrogen) atoms. The van der Waals surface area contributed by atoms with Crippen LogP contribution in [0.2, 0.25) is 5.02 Å². The van der Waals surface area contributed by atoms with Gasteiger partial charge in [0.15, 0.2) is 0 Å². The maximum absolute atomic E-state index is 11.2. The van der Waals surface area contributed by atoms with Gasteiger partial charge in [-0.2, -0.15) is 5.26 Å². The number of ketones is 1. The van der Waals surface area contributed by atoms with Crippen LogP contribution in [0.3, 0.4) is 0 Å². The Balaban J connectivity index is 3.28. The summed E-state index contributed by atoms with van der Waals surface area (Å²) in [6.07, 6.45) is 0.183. The number of hydrogen-bond donors (Lipinski definition) is 0. The van der Waals surface area contributed by atoms with Gasteiger partial charge in [0.1, 0.15) is 5.78 Å². The SMILES string of the molecule is CC(=O)CC(C)(C#N)c1cc(Cl)ccc1Br. The monoisotopic (exact) mass is 299 g/mol. The van der Waals surface area contributed by atoms with E-state index in [4.69, 9.17) is 11.6 Å². The summed E-state index contributed by atoms with van der Waals surface area (Å²) in [5.74, 6) is -0.0177.